The molecule has 2 aromatic carbocycles. The van der Waals surface area contributed by atoms with E-state index in [4.69, 9.17) is 16.9 Å². The molecule has 2 nitrogen and oxygen atoms in total. The van der Waals surface area contributed by atoms with Crippen molar-refractivity contribution in [1.29, 1.82) is 5.26 Å². The maximum atomic E-state index is 8.94. The first-order valence-corrected chi connectivity index (χ1v) is 6.57. The Labute approximate surface area is 118 Å². The number of hydrogen-bond acceptors (Lipinski definition) is 2. The van der Waals surface area contributed by atoms with Crippen molar-refractivity contribution in [3.8, 4) is 6.07 Å². The lowest BCUT2D eigenvalue weighted by Crippen LogP contribution is -2.09. The van der Waals surface area contributed by atoms with Crippen molar-refractivity contribution in [3.63, 3.8) is 0 Å². The zero-order valence-corrected chi connectivity index (χ0v) is 11.5. The van der Waals surface area contributed by atoms with Crippen molar-refractivity contribution < 1.29 is 0 Å². The molecule has 19 heavy (non-hydrogen) atoms. The Morgan fingerprint density at radius 2 is 1.95 bits per heavy atom. The average molecular weight is 271 g/mol. The van der Waals surface area contributed by atoms with Gasteiger partial charge in [0, 0.05) is 12.2 Å². The largest absolute Gasteiger partial charge is 0.384 e. The summed E-state index contributed by atoms with van der Waals surface area (Å²) in [5, 5.41) is 12.8. The Hall–Kier alpha value is -1.98. The highest BCUT2D eigenvalue weighted by molar-refractivity contribution is 6.31. The van der Waals surface area contributed by atoms with Gasteiger partial charge in [-0.3, -0.25) is 0 Å². The zero-order chi connectivity index (χ0) is 13.7. The van der Waals surface area contributed by atoms with E-state index in [1.165, 1.54) is 5.56 Å². The van der Waals surface area contributed by atoms with E-state index in [2.05, 4.69) is 30.4 Å². The van der Waals surface area contributed by atoms with Gasteiger partial charge in [-0.25, -0.2) is 0 Å². The highest BCUT2D eigenvalue weighted by Crippen LogP contribution is 2.21. The van der Waals surface area contributed by atoms with Gasteiger partial charge in [0.2, 0.25) is 0 Å². The summed E-state index contributed by atoms with van der Waals surface area (Å²) >= 11 is 5.90. The summed E-state index contributed by atoms with van der Waals surface area (Å²) in [6.45, 7) is 2.99. The minimum absolute atomic E-state index is 0.405. The number of anilines is 1. The molecule has 2 aromatic rings. The summed E-state index contributed by atoms with van der Waals surface area (Å²) in [4.78, 5) is 0. The number of nitrogens with one attached hydrogen (secondary N) is 1. The van der Waals surface area contributed by atoms with E-state index >= 15 is 0 Å². The molecule has 0 bridgehead atoms. The predicted octanol–water partition coefficient (Wildman–Crippen LogP) is 4.43. The normalized spacial score (nSPS) is 11.6. The van der Waals surface area contributed by atoms with Crippen LogP contribution < -0.4 is 5.32 Å². The van der Waals surface area contributed by atoms with Crippen LogP contribution in [0.4, 0.5) is 5.69 Å². The molecule has 3 heteroatoms. The second kappa shape index (κ2) is 6.26. The molecule has 0 aliphatic rings. The van der Waals surface area contributed by atoms with Gasteiger partial charge in [0.25, 0.3) is 0 Å². The van der Waals surface area contributed by atoms with Gasteiger partial charge in [-0.15, -0.1) is 0 Å². The lowest BCUT2D eigenvalue weighted by atomic mass is 10.0. The van der Waals surface area contributed by atoms with Crippen LogP contribution in [0.2, 0.25) is 5.02 Å². The molecular weight excluding hydrogens is 256 g/mol. The van der Waals surface area contributed by atoms with Crippen LogP contribution >= 0.6 is 11.6 Å². The molecule has 0 aliphatic carbocycles. The van der Waals surface area contributed by atoms with Crippen LogP contribution in [0.15, 0.2) is 48.5 Å². The first-order chi connectivity index (χ1) is 9.20. The molecule has 0 heterocycles. The van der Waals surface area contributed by atoms with Crippen LogP contribution in [0.1, 0.15) is 24.0 Å². The highest BCUT2D eigenvalue weighted by Gasteiger charge is 2.05. The number of hydrogen-bond donors (Lipinski definition) is 1. The Bertz CT molecular complexity index is 587. The van der Waals surface area contributed by atoms with E-state index in [1.54, 1.807) is 12.1 Å². The third-order valence-corrected chi connectivity index (χ3v) is 3.40. The SMILES string of the molecule is CC(CNc1ccc(Cl)c(C#N)c1)c1ccccc1. The molecular formula is C16H15ClN2. The molecule has 0 aliphatic heterocycles. The third kappa shape index (κ3) is 3.49. The molecule has 96 valence electrons. The Kier molecular flexibility index (Phi) is 4.43. The minimum atomic E-state index is 0.405. The first kappa shape index (κ1) is 13.5. The summed E-state index contributed by atoms with van der Waals surface area (Å²) in [6, 6.07) is 17.8. The molecule has 1 unspecified atom stereocenters. The van der Waals surface area contributed by atoms with Gasteiger partial charge in [0.05, 0.1) is 10.6 Å². The molecule has 0 amide bonds. The minimum Gasteiger partial charge on any atom is -0.384 e. The van der Waals surface area contributed by atoms with E-state index in [0.717, 1.165) is 12.2 Å². The number of nitriles is 1. The predicted molar refractivity (Wildman–Crippen MR) is 79.5 cm³/mol. The molecule has 0 radical (unpaired) electrons. The summed E-state index contributed by atoms with van der Waals surface area (Å²) in [7, 11) is 0. The lowest BCUT2D eigenvalue weighted by Gasteiger charge is -2.14. The van der Waals surface area contributed by atoms with E-state index < -0.39 is 0 Å². The fraction of sp³-hybridized carbons (Fsp3) is 0.188. The van der Waals surface area contributed by atoms with Crippen LogP contribution in [0.3, 0.4) is 0 Å². The summed E-state index contributed by atoms with van der Waals surface area (Å²) < 4.78 is 0. The van der Waals surface area contributed by atoms with E-state index in [-0.39, 0.29) is 0 Å². The molecule has 0 aromatic heterocycles. The molecule has 2 rings (SSSR count). The Morgan fingerprint density at radius 1 is 1.21 bits per heavy atom. The van der Waals surface area contributed by atoms with Crippen molar-refractivity contribution in [1.82, 2.24) is 0 Å². The Morgan fingerprint density at radius 3 is 2.63 bits per heavy atom. The van der Waals surface area contributed by atoms with Crippen molar-refractivity contribution in [2.75, 3.05) is 11.9 Å². The second-order valence-electron chi connectivity index (χ2n) is 4.50. The molecule has 0 spiro atoms. The van der Waals surface area contributed by atoms with E-state index in [9.17, 15) is 0 Å². The highest BCUT2D eigenvalue weighted by atomic mass is 35.5. The van der Waals surface area contributed by atoms with Crippen molar-refractivity contribution in [2.45, 2.75) is 12.8 Å². The number of halogens is 1. The fourth-order valence-corrected chi connectivity index (χ4v) is 2.05. The monoisotopic (exact) mass is 270 g/mol. The molecule has 0 fully saturated rings. The summed E-state index contributed by atoms with van der Waals surface area (Å²) in [5.74, 6) is 0.405. The maximum absolute atomic E-state index is 8.94. The summed E-state index contributed by atoms with van der Waals surface area (Å²) in [5.41, 5.74) is 2.72. The third-order valence-electron chi connectivity index (χ3n) is 3.07. The van der Waals surface area contributed by atoms with Crippen LogP contribution in [0.5, 0.6) is 0 Å². The second-order valence-corrected chi connectivity index (χ2v) is 4.91. The number of nitrogens with zero attached hydrogens (tertiary/aromatic N) is 1. The van der Waals surface area contributed by atoms with Gasteiger partial charge in [0.15, 0.2) is 0 Å². The Balaban J connectivity index is 2.01. The standard InChI is InChI=1S/C16H15ClN2/c1-12(13-5-3-2-4-6-13)11-19-15-7-8-16(17)14(9-15)10-18/h2-9,12,19H,11H2,1H3. The van der Waals surface area contributed by atoms with Crippen molar-refractivity contribution >= 4 is 17.3 Å². The van der Waals surface area contributed by atoms with Crippen LogP contribution in [0.25, 0.3) is 0 Å². The van der Waals surface area contributed by atoms with E-state index in [1.807, 2.05) is 24.3 Å². The van der Waals surface area contributed by atoms with Crippen LogP contribution in [-0.2, 0) is 0 Å². The van der Waals surface area contributed by atoms with Crippen LogP contribution in [-0.4, -0.2) is 6.54 Å². The lowest BCUT2D eigenvalue weighted by molar-refractivity contribution is 0.805. The van der Waals surface area contributed by atoms with Gasteiger partial charge >= 0.3 is 0 Å². The van der Waals surface area contributed by atoms with Gasteiger partial charge in [-0.05, 0) is 29.7 Å². The van der Waals surface area contributed by atoms with Gasteiger partial charge in [0.1, 0.15) is 6.07 Å². The molecule has 0 saturated heterocycles. The topological polar surface area (TPSA) is 35.8 Å². The maximum Gasteiger partial charge on any atom is 0.101 e. The quantitative estimate of drug-likeness (QED) is 0.892. The first-order valence-electron chi connectivity index (χ1n) is 6.19. The fourth-order valence-electron chi connectivity index (χ4n) is 1.89. The van der Waals surface area contributed by atoms with Crippen LogP contribution in [0, 0.1) is 11.3 Å². The smallest absolute Gasteiger partial charge is 0.101 e. The summed E-state index contributed by atoms with van der Waals surface area (Å²) in [6.07, 6.45) is 0. The van der Waals surface area contributed by atoms with Crippen molar-refractivity contribution in [2.24, 2.45) is 0 Å². The van der Waals surface area contributed by atoms with Gasteiger partial charge in [-0.2, -0.15) is 5.26 Å². The molecule has 1 N–H and O–H groups in total. The van der Waals surface area contributed by atoms with E-state index in [0.29, 0.717) is 16.5 Å². The zero-order valence-electron chi connectivity index (χ0n) is 10.7. The van der Waals surface area contributed by atoms with Gasteiger partial charge < -0.3 is 5.32 Å². The van der Waals surface area contributed by atoms with Crippen molar-refractivity contribution in [3.05, 3.63) is 64.7 Å². The van der Waals surface area contributed by atoms with Gasteiger partial charge in [-0.1, -0.05) is 48.9 Å². The number of benzene rings is 2. The molecule has 1 atom stereocenters. The average Bonchev–Trinajstić information content (AvgIpc) is 2.47. The number of rotatable bonds is 4. The molecule has 0 saturated carbocycles.